The van der Waals surface area contributed by atoms with Gasteiger partial charge in [-0.05, 0) is 24.8 Å². The normalized spacial score (nSPS) is 15.2. The van der Waals surface area contributed by atoms with Crippen molar-refractivity contribution < 1.29 is 53.4 Å². The van der Waals surface area contributed by atoms with E-state index in [1.54, 1.807) is 21.1 Å². The first-order chi connectivity index (χ1) is 19.4. The predicted molar refractivity (Wildman–Crippen MR) is 146 cm³/mol. The highest BCUT2D eigenvalue weighted by molar-refractivity contribution is 5.93. The SMILES string of the molecule is C[N+](C)(C)CC(=O)[O-].NC(=O)CC[C@H](NC(=O)[C@@H]1CCC(=O)N1)C(=O)O.N[C@@H](Cc1ccccc1)C(=O)NCC(=O)O. The van der Waals surface area contributed by atoms with Crippen LogP contribution in [0.1, 0.15) is 31.2 Å². The van der Waals surface area contributed by atoms with E-state index < -0.39 is 60.3 Å². The number of nitrogens with two attached hydrogens (primary N) is 2. The van der Waals surface area contributed by atoms with Gasteiger partial charge in [0.05, 0.1) is 33.2 Å². The van der Waals surface area contributed by atoms with Gasteiger partial charge < -0.3 is 52.0 Å². The molecule has 1 heterocycles. The highest BCUT2D eigenvalue weighted by Gasteiger charge is 2.30. The molecule has 0 saturated carbocycles. The molecule has 0 unspecified atom stereocenters. The number of hydrogen-bond donors (Lipinski definition) is 7. The Hall–Kier alpha value is -4.57. The van der Waals surface area contributed by atoms with Gasteiger partial charge in [-0.3, -0.25) is 24.0 Å². The van der Waals surface area contributed by atoms with Gasteiger partial charge >= 0.3 is 11.9 Å². The molecule has 2 rings (SSSR count). The molecule has 3 atom stereocenters. The Kier molecular flexibility index (Phi) is 16.7. The fourth-order valence-electron chi connectivity index (χ4n) is 3.27. The van der Waals surface area contributed by atoms with E-state index in [1.807, 2.05) is 30.3 Å². The van der Waals surface area contributed by atoms with Crippen LogP contribution in [0.2, 0.25) is 0 Å². The minimum atomic E-state index is -1.24. The fourth-order valence-corrected chi connectivity index (χ4v) is 3.27. The number of nitrogens with zero attached hydrogens (tertiary/aromatic N) is 1. The van der Waals surface area contributed by atoms with E-state index in [4.69, 9.17) is 21.7 Å². The molecular formula is C26H40N6O10. The first-order valence-corrected chi connectivity index (χ1v) is 12.8. The number of carbonyl (C=O) groups is 7. The number of primary amides is 1. The average Bonchev–Trinajstić information content (AvgIpc) is 3.31. The number of carboxylic acids is 3. The molecular weight excluding hydrogens is 556 g/mol. The van der Waals surface area contributed by atoms with E-state index in [-0.39, 0.29) is 31.7 Å². The third-order valence-corrected chi connectivity index (χ3v) is 5.26. The summed E-state index contributed by atoms with van der Waals surface area (Å²) in [4.78, 5) is 75.5. The second-order valence-electron chi connectivity index (χ2n) is 10.3. The van der Waals surface area contributed by atoms with Crippen molar-refractivity contribution in [3.63, 3.8) is 0 Å². The van der Waals surface area contributed by atoms with Crippen molar-refractivity contribution in [1.82, 2.24) is 16.0 Å². The predicted octanol–water partition coefficient (Wildman–Crippen LogP) is -3.70. The number of carbonyl (C=O) groups excluding carboxylic acids is 5. The summed E-state index contributed by atoms with van der Waals surface area (Å²) in [7, 11) is 5.40. The van der Waals surface area contributed by atoms with E-state index in [0.29, 0.717) is 17.3 Å². The van der Waals surface area contributed by atoms with Crippen molar-refractivity contribution >= 4 is 41.5 Å². The minimum Gasteiger partial charge on any atom is -0.544 e. The Labute approximate surface area is 243 Å². The number of nitrogens with one attached hydrogen (secondary N) is 3. The molecule has 1 fully saturated rings. The zero-order chi connectivity index (χ0) is 32.5. The molecule has 1 saturated heterocycles. The maximum absolute atomic E-state index is 11.6. The van der Waals surface area contributed by atoms with Crippen molar-refractivity contribution in [3.05, 3.63) is 35.9 Å². The summed E-state index contributed by atoms with van der Waals surface area (Å²) in [5.41, 5.74) is 11.5. The summed E-state index contributed by atoms with van der Waals surface area (Å²) in [6.07, 6.45) is 0.779. The summed E-state index contributed by atoms with van der Waals surface area (Å²) in [6, 6.07) is 6.72. The van der Waals surface area contributed by atoms with Gasteiger partial charge in [-0.15, -0.1) is 0 Å². The second kappa shape index (κ2) is 18.7. The lowest BCUT2D eigenvalue weighted by Gasteiger charge is -2.23. The zero-order valence-corrected chi connectivity index (χ0v) is 23.8. The van der Waals surface area contributed by atoms with Gasteiger partial charge in [-0.25, -0.2) is 4.79 Å². The molecule has 0 aromatic heterocycles. The number of aliphatic carboxylic acids is 3. The molecule has 1 aromatic carbocycles. The smallest absolute Gasteiger partial charge is 0.326 e. The molecule has 16 heteroatoms. The standard InChI is InChI=1S/C11H14N2O3.C10H15N3O5.C5H11NO2/c12-9(11(16)13-7-10(14)15)6-8-4-2-1-3-5-8;11-7(14)3-1-6(10(17)18)13-9(16)5-2-4-8(15)12-5;1-6(2,3)4-5(7)8/h1-5,9H,6-7,12H2,(H,13,16)(H,14,15);5-6H,1-4H2,(H2,11,14)(H,12,15)(H,13,16)(H,17,18);4H2,1-3H3/t9-;5-,6-;/m00./s1. The third kappa shape index (κ3) is 18.7. The van der Waals surface area contributed by atoms with E-state index in [9.17, 15) is 38.7 Å². The summed E-state index contributed by atoms with van der Waals surface area (Å²) >= 11 is 0. The van der Waals surface area contributed by atoms with Crippen LogP contribution in [0.25, 0.3) is 0 Å². The van der Waals surface area contributed by atoms with E-state index >= 15 is 0 Å². The third-order valence-electron chi connectivity index (χ3n) is 5.26. The van der Waals surface area contributed by atoms with Crippen molar-refractivity contribution in [2.75, 3.05) is 34.2 Å². The van der Waals surface area contributed by atoms with Crippen molar-refractivity contribution in [2.45, 2.75) is 50.2 Å². The highest BCUT2D eigenvalue weighted by Crippen LogP contribution is 2.08. The number of carboxylic acid groups (broad SMARTS) is 3. The number of benzene rings is 1. The number of rotatable bonds is 13. The van der Waals surface area contributed by atoms with Gasteiger partial charge in [0.2, 0.25) is 23.6 Å². The van der Waals surface area contributed by atoms with E-state index in [2.05, 4.69) is 16.0 Å². The summed E-state index contributed by atoms with van der Waals surface area (Å²) in [5, 5.41) is 34.1. The Morgan fingerprint density at radius 3 is 2.10 bits per heavy atom. The van der Waals surface area contributed by atoms with Crippen LogP contribution < -0.4 is 32.5 Å². The highest BCUT2D eigenvalue weighted by atomic mass is 16.4. The maximum atomic E-state index is 11.6. The van der Waals surface area contributed by atoms with Crippen LogP contribution in [-0.2, 0) is 40.0 Å². The fraction of sp³-hybridized carbons (Fsp3) is 0.500. The number of hydrogen-bond acceptors (Lipinski definition) is 9. The molecule has 16 nitrogen and oxygen atoms in total. The lowest BCUT2D eigenvalue weighted by molar-refractivity contribution is -0.864. The Bertz CT molecular complexity index is 1090. The zero-order valence-electron chi connectivity index (χ0n) is 23.8. The number of amides is 4. The van der Waals surface area contributed by atoms with Gasteiger partial charge in [0.1, 0.15) is 25.2 Å². The van der Waals surface area contributed by atoms with Gasteiger partial charge in [0, 0.05) is 12.8 Å². The maximum Gasteiger partial charge on any atom is 0.326 e. The Balaban J connectivity index is 0.000000644. The molecule has 1 aliphatic rings. The van der Waals surface area contributed by atoms with Crippen LogP contribution in [0, 0.1) is 0 Å². The molecule has 1 aliphatic heterocycles. The Morgan fingerprint density at radius 1 is 1.10 bits per heavy atom. The molecule has 0 aliphatic carbocycles. The van der Waals surface area contributed by atoms with Gasteiger partial charge in [0.25, 0.3) is 0 Å². The second-order valence-corrected chi connectivity index (χ2v) is 10.3. The van der Waals surface area contributed by atoms with Crippen LogP contribution in [0.4, 0.5) is 0 Å². The first-order valence-electron chi connectivity index (χ1n) is 12.8. The van der Waals surface area contributed by atoms with Crippen LogP contribution in [-0.4, -0.2) is 109 Å². The van der Waals surface area contributed by atoms with Gasteiger partial charge in [0.15, 0.2) is 0 Å². The van der Waals surface area contributed by atoms with E-state index in [1.165, 1.54) is 0 Å². The minimum absolute atomic E-state index is 0.0694. The monoisotopic (exact) mass is 596 g/mol. The van der Waals surface area contributed by atoms with Gasteiger partial charge in [-0.1, -0.05) is 30.3 Å². The topological polar surface area (TPSA) is 271 Å². The molecule has 42 heavy (non-hydrogen) atoms. The average molecular weight is 597 g/mol. The molecule has 9 N–H and O–H groups in total. The molecule has 0 spiro atoms. The summed E-state index contributed by atoms with van der Waals surface area (Å²) < 4.78 is 0.419. The lowest BCUT2D eigenvalue weighted by atomic mass is 10.1. The Morgan fingerprint density at radius 2 is 1.69 bits per heavy atom. The number of quaternary nitrogens is 1. The summed E-state index contributed by atoms with van der Waals surface area (Å²) in [6.45, 7) is -0.332. The lowest BCUT2D eigenvalue weighted by Crippen LogP contribution is -2.49. The van der Waals surface area contributed by atoms with Crippen molar-refractivity contribution in [3.8, 4) is 0 Å². The van der Waals surface area contributed by atoms with Crippen molar-refractivity contribution in [1.29, 1.82) is 0 Å². The quantitative estimate of drug-likeness (QED) is 0.109. The van der Waals surface area contributed by atoms with Crippen LogP contribution in [0.5, 0.6) is 0 Å². The number of likely N-dealkylation sites (N-methyl/N-ethyl adjacent to an activating group) is 1. The molecule has 234 valence electrons. The summed E-state index contributed by atoms with van der Waals surface area (Å²) in [5.74, 6) is -5.21. The van der Waals surface area contributed by atoms with Crippen LogP contribution >= 0.6 is 0 Å². The van der Waals surface area contributed by atoms with Crippen LogP contribution in [0.3, 0.4) is 0 Å². The molecule has 1 aromatic rings. The largest absolute Gasteiger partial charge is 0.544 e. The van der Waals surface area contributed by atoms with Crippen LogP contribution in [0.15, 0.2) is 30.3 Å². The molecule has 4 amide bonds. The van der Waals surface area contributed by atoms with Gasteiger partial charge in [-0.2, -0.15) is 0 Å². The first kappa shape index (κ1) is 37.4. The molecule has 0 bridgehead atoms. The van der Waals surface area contributed by atoms with E-state index in [0.717, 1.165) is 5.56 Å². The van der Waals surface area contributed by atoms with Crippen molar-refractivity contribution in [2.24, 2.45) is 11.5 Å². The molecule has 0 radical (unpaired) electrons.